The summed E-state index contributed by atoms with van der Waals surface area (Å²) in [5, 5.41) is 2.79. The maximum absolute atomic E-state index is 11.1. The number of aromatic nitrogens is 2. The number of amides is 1. The van der Waals surface area contributed by atoms with Crippen molar-refractivity contribution in [2.75, 3.05) is 5.32 Å². The molecular weight excluding hydrogens is 250 g/mol. The van der Waals surface area contributed by atoms with E-state index in [1.807, 2.05) is 60.1 Å². The Hall–Kier alpha value is -2.62. The SMILES string of the molecule is CC(=O)Nc1cccc(-c2cn3cccc(C)c3n2)c1. The highest BCUT2D eigenvalue weighted by Crippen LogP contribution is 2.23. The van der Waals surface area contributed by atoms with Gasteiger partial charge in [0.15, 0.2) is 0 Å². The lowest BCUT2D eigenvalue weighted by Gasteiger charge is -2.03. The van der Waals surface area contributed by atoms with Gasteiger partial charge in [0.25, 0.3) is 0 Å². The quantitative estimate of drug-likeness (QED) is 0.773. The second kappa shape index (κ2) is 4.81. The Morgan fingerprint density at radius 3 is 2.85 bits per heavy atom. The van der Waals surface area contributed by atoms with Crippen molar-refractivity contribution in [1.29, 1.82) is 0 Å². The lowest BCUT2D eigenvalue weighted by molar-refractivity contribution is -0.114. The van der Waals surface area contributed by atoms with Gasteiger partial charge in [-0.15, -0.1) is 0 Å². The van der Waals surface area contributed by atoms with Crippen molar-refractivity contribution in [3.63, 3.8) is 0 Å². The average Bonchev–Trinajstić information content (AvgIpc) is 2.84. The van der Waals surface area contributed by atoms with Crippen LogP contribution in [0.25, 0.3) is 16.9 Å². The second-order valence-electron chi connectivity index (χ2n) is 4.81. The van der Waals surface area contributed by atoms with E-state index >= 15 is 0 Å². The number of aryl methyl sites for hydroxylation is 1. The molecule has 1 N–H and O–H groups in total. The molecule has 0 saturated carbocycles. The van der Waals surface area contributed by atoms with E-state index in [1.54, 1.807) is 0 Å². The van der Waals surface area contributed by atoms with Crippen molar-refractivity contribution in [3.05, 3.63) is 54.4 Å². The first-order chi connectivity index (χ1) is 9.63. The van der Waals surface area contributed by atoms with Gasteiger partial charge in [0.1, 0.15) is 5.65 Å². The summed E-state index contributed by atoms with van der Waals surface area (Å²) < 4.78 is 2.01. The van der Waals surface area contributed by atoms with E-state index in [4.69, 9.17) is 0 Å². The Balaban J connectivity index is 2.06. The molecule has 0 fully saturated rings. The molecule has 4 heteroatoms. The molecule has 0 atom stereocenters. The van der Waals surface area contributed by atoms with E-state index in [-0.39, 0.29) is 5.91 Å². The largest absolute Gasteiger partial charge is 0.326 e. The van der Waals surface area contributed by atoms with Crippen molar-refractivity contribution in [3.8, 4) is 11.3 Å². The summed E-state index contributed by atoms with van der Waals surface area (Å²) in [7, 11) is 0. The summed E-state index contributed by atoms with van der Waals surface area (Å²) in [5.41, 5.74) is 4.75. The summed E-state index contributed by atoms with van der Waals surface area (Å²) in [6.45, 7) is 3.54. The number of rotatable bonds is 2. The van der Waals surface area contributed by atoms with Crippen molar-refractivity contribution in [2.45, 2.75) is 13.8 Å². The van der Waals surface area contributed by atoms with Gasteiger partial charge in [-0.3, -0.25) is 4.79 Å². The Morgan fingerprint density at radius 2 is 2.10 bits per heavy atom. The molecule has 0 saturated heterocycles. The van der Waals surface area contributed by atoms with Crippen LogP contribution in [-0.4, -0.2) is 15.3 Å². The maximum Gasteiger partial charge on any atom is 0.221 e. The molecule has 0 aliphatic carbocycles. The fourth-order valence-corrected chi connectivity index (χ4v) is 2.25. The van der Waals surface area contributed by atoms with E-state index in [0.29, 0.717) is 0 Å². The van der Waals surface area contributed by atoms with Gasteiger partial charge in [-0.2, -0.15) is 0 Å². The van der Waals surface area contributed by atoms with Crippen LogP contribution in [0.1, 0.15) is 12.5 Å². The number of nitrogens with zero attached hydrogens (tertiary/aromatic N) is 2. The first-order valence-electron chi connectivity index (χ1n) is 6.46. The molecule has 0 unspecified atom stereocenters. The molecule has 0 aliphatic rings. The standard InChI is InChI=1S/C16H15N3O/c1-11-5-4-8-19-10-15(18-16(11)19)13-6-3-7-14(9-13)17-12(2)20/h3-10H,1-2H3,(H,17,20). The van der Waals surface area contributed by atoms with E-state index in [1.165, 1.54) is 6.92 Å². The minimum absolute atomic E-state index is 0.0759. The number of carbonyl (C=O) groups is 1. The summed E-state index contributed by atoms with van der Waals surface area (Å²) in [6, 6.07) is 11.7. The molecule has 0 radical (unpaired) electrons. The molecule has 20 heavy (non-hydrogen) atoms. The number of nitrogens with one attached hydrogen (secondary N) is 1. The monoisotopic (exact) mass is 265 g/mol. The Kier molecular flexibility index (Phi) is 2.99. The zero-order valence-corrected chi connectivity index (χ0v) is 11.4. The van der Waals surface area contributed by atoms with Crippen molar-refractivity contribution in [1.82, 2.24) is 9.38 Å². The van der Waals surface area contributed by atoms with E-state index < -0.39 is 0 Å². The summed E-state index contributed by atoms with van der Waals surface area (Å²) in [6.07, 6.45) is 3.98. The van der Waals surface area contributed by atoms with Crippen molar-refractivity contribution >= 4 is 17.2 Å². The van der Waals surface area contributed by atoms with Crippen LogP contribution in [0, 0.1) is 6.92 Å². The lowest BCUT2D eigenvalue weighted by atomic mass is 10.1. The Labute approximate surface area is 117 Å². The number of pyridine rings is 1. The molecule has 2 heterocycles. The third-order valence-electron chi connectivity index (χ3n) is 3.16. The number of anilines is 1. The van der Waals surface area contributed by atoms with Crippen LogP contribution in [-0.2, 0) is 4.79 Å². The van der Waals surface area contributed by atoms with E-state index in [9.17, 15) is 4.79 Å². The first kappa shape index (κ1) is 12.4. The van der Waals surface area contributed by atoms with Crippen LogP contribution in [0.2, 0.25) is 0 Å². The number of carbonyl (C=O) groups excluding carboxylic acids is 1. The molecular formula is C16H15N3O. The maximum atomic E-state index is 11.1. The van der Waals surface area contributed by atoms with Crippen LogP contribution in [0.4, 0.5) is 5.69 Å². The highest BCUT2D eigenvalue weighted by atomic mass is 16.1. The van der Waals surface area contributed by atoms with Crippen LogP contribution in [0.3, 0.4) is 0 Å². The lowest BCUT2D eigenvalue weighted by Crippen LogP contribution is -2.05. The van der Waals surface area contributed by atoms with Gasteiger partial charge in [0, 0.05) is 30.6 Å². The predicted molar refractivity (Wildman–Crippen MR) is 79.7 cm³/mol. The molecule has 1 amide bonds. The van der Waals surface area contributed by atoms with Crippen LogP contribution >= 0.6 is 0 Å². The van der Waals surface area contributed by atoms with Gasteiger partial charge in [0.05, 0.1) is 5.69 Å². The molecule has 3 rings (SSSR count). The fourth-order valence-electron chi connectivity index (χ4n) is 2.25. The summed E-state index contributed by atoms with van der Waals surface area (Å²) in [4.78, 5) is 15.8. The van der Waals surface area contributed by atoms with Crippen LogP contribution < -0.4 is 5.32 Å². The third-order valence-corrected chi connectivity index (χ3v) is 3.16. The number of fused-ring (bicyclic) bond motifs is 1. The molecule has 3 aromatic rings. The highest BCUT2D eigenvalue weighted by Gasteiger charge is 2.06. The smallest absolute Gasteiger partial charge is 0.221 e. The fraction of sp³-hybridized carbons (Fsp3) is 0.125. The van der Waals surface area contributed by atoms with Crippen LogP contribution in [0.5, 0.6) is 0 Å². The van der Waals surface area contributed by atoms with Gasteiger partial charge < -0.3 is 9.72 Å². The molecule has 0 bridgehead atoms. The second-order valence-corrected chi connectivity index (χ2v) is 4.81. The summed E-state index contributed by atoms with van der Waals surface area (Å²) >= 11 is 0. The molecule has 0 aliphatic heterocycles. The zero-order chi connectivity index (χ0) is 14.1. The number of imidazole rings is 1. The van der Waals surface area contributed by atoms with Crippen molar-refractivity contribution < 1.29 is 4.79 Å². The molecule has 0 spiro atoms. The predicted octanol–water partition coefficient (Wildman–Crippen LogP) is 3.27. The zero-order valence-electron chi connectivity index (χ0n) is 11.4. The molecule has 4 nitrogen and oxygen atoms in total. The minimum atomic E-state index is -0.0759. The van der Waals surface area contributed by atoms with Gasteiger partial charge in [-0.1, -0.05) is 18.2 Å². The molecule has 2 aromatic heterocycles. The molecule has 100 valence electrons. The van der Waals surface area contributed by atoms with Crippen molar-refractivity contribution in [2.24, 2.45) is 0 Å². The molecule has 1 aromatic carbocycles. The third kappa shape index (κ3) is 2.28. The summed E-state index contributed by atoms with van der Waals surface area (Å²) in [5.74, 6) is -0.0759. The topological polar surface area (TPSA) is 46.4 Å². The van der Waals surface area contributed by atoms with Gasteiger partial charge in [-0.05, 0) is 30.7 Å². The number of hydrogen-bond acceptors (Lipinski definition) is 2. The average molecular weight is 265 g/mol. The highest BCUT2D eigenvalue weighted by molar-refractivity contribution is 5.89. The van der Waals surface area contributed by atoms with Crippen LogP contribution in [0.15, 0.2) is 48.8 Å². The normalized spacial score (nSPS) is 10.7. The van der Waals surface area contributed by atoms with Gasteiger partial charge >= 0.3 is 0 Å². The number of hydrogen-bond donors (Lipinski definition) is 1. The Morgan fingerprint density at radius 1 is 1.25 bits per heavy atom. The van der Waals surface area contributed by atoms with Gasteiger partial charge in [-0.25, -0.2) is 4.98 Å². The number of benzene rings is 1. The minimum Gasteiger partial charge on any atom is -0.326 e. The van der Waals surface area contributed by atoms with E-state index in [2.05, 4.69) is 10.3 Å². The van der Waals surface area contributed by atoms with Gasteiger partial charge in [0.2, 0.25) is 5.91 Å². The van der Waals surface area contributed by atoms with E-state index in [0.717, 1.165) is 28.2 Å². The Bertz CT molecular complexity index is 789. The first-order valence-corrected chi connectivity index (χ1v) is 6.46.